The van der Waals surface area contributed by atoms with Gasteiger partial charge in [-0.15, -0.1) is 0 Å². The maximum Gasteiger partial charge on any atom is 0.0632 e. The summed E-state index contributed by atoms with van der Waals surface area (Å²) < 4.78 is 0. The zero-order valence-corrected chi connectivity index (χ0v) is 9.01. The van der Waals surface area contributed by atoms with Crippen LogP contribution >= 0.6 is 0 Å². The van der Waals surface area contributed by atoms with Crippen molar-refractivity contribution >= 4 is 11.4 Å². The maximum atomic E-state index is 3.45. The van der Waals surface area contributed by atoms with Gasteiger partial charge in [0.05, 0.1) is 11.4 Å². The van der Waals surface area contributed by atoms with Gasteiger partial charge in [0, 0.05) is 19.6 Å². The first-order valence-electron chi connectivity index (χ1n) is 5.41. The highest BCUT2D eigenvalue weighted by Gasteiger charge is 2.16. The van der Waals surface area contributed by atoms with Gasteiger partial charge < -0.3 is 10.2 Å². The Morgan fingerprint density at radius 3 is 3.07 bits per heavy atom. The fourth-order valence-corrected chi connectivity index (χ4v) is 2.15. The summed E-state index contributed by atoms with van der Waals surface area (Å²) in [5.74, 6) is 0. The summed E-state index contributed by atoms with van der Waals surface area (Å²) in [5, 5.41) is 3.45. The topological polar surface area (TPSA) is 15.3 Å². The second kappa shape index (κ2) is 3.91. The molecule has 76 valence electrons. The van der Waals surface area contributed by atoms with Crippen LogP contribution in [0.4, 0.5) is 11.4 Å². The lowest BCUT2D eigenvalue weighted by molar-refractivity contribution is 0.757. The first-order valence-corrected chi connectivity index (χ1v) is 5.41. The van der Waals surface area contributed by atoms with Crippen molar-refractivity contribution in [3.63, 3.8) is 0 Å². The number of hydrogen-bond acceptors (Lipinski definition) is 2. The normalized spacial score (nSPS) is 14.9. The molecule has 0 saturated heterocycles. The molecule has 14 heavy (non-hydrogen) atoms. The number of nitrogens with one attached hydrogen (secondary N) is 1. The highest BCUT2D eigenvalue weighted by atomic mass is 15.2. The SMILES string of the molecule is CCCN1CCNc2cccc(C)c21. The molecule has 0 bridgehead atoms. The van der Waals surface area contributed by atoms with E-state index in [1.165, 1.54) is 29.9 Å². The third kappa shape index (κ3) is 1.57. The van der Waals surface area contributed by atoms with Crippen molar-refractivity contribution < 1.29 is 0 Å². The van der Waals surface area contributed by atoms with E-state index in [9.17, 15) is 0 Å². The number of nitrogens with zero attached hydrogens (tertiary/aromatic N) is 1. The first kappa shape index (κ1) is 9.38. The van der Waals surface area contributed by atoms with Crippen LogP contribution in [0.15, 0.2) is 18.2 Å². The van der Waals surface area contributed by atoms with Crippen molar-refractivity contribution in [3.8, 4) is 0 Å². The standard InChI is InChI=1S/C12H18N2/c1-3-8-14-9-7-13-11-6-4-5-10(2)12(11)14/h4-6,13H,3,7-9H2,1-2H3. The number of fused-ring (bicyclic) bond motifs is 1. The van der Waals surface area contributed by atoms with Crippen molar-refractivity contribution in [2.24, 2.45) is 0 Å². The second-order valence-electron chi connectivity index (χ2n) is 3.88. The lowest BCUT2D eigenvalue weighted by atomic mass is 10.1. The number of rotatable bonds is 2. The summed E-state index contributed by atoms with van der Waals surface area (Å²) in [6, 6.07) is 6.48. The lowest BCUT2D eigenvalue weighted by Crippen LogP contribution is -2.35. The Labute approximate surface area is 85.9 Å². The molecule has 2 nitrogen and oxygen atoms in total. The lowest BCUT2D eigenvalue weighted by Gasteiger charge is -2.33. The van der Waals surface area contributed by atoms with Crippen LogP contribution in [0, 0.1) is 6.92 Å². The molecular weight excluding hydrogens is 172 g/mol. The van der Waals surface area contributed by atoms with Crippen molar-refractivity contribution in [1.82, 2.24) is 0 Å². The molecule has 0 radical (unpaired) electrons. The summed E-state index contributed by atoms with van der Waals surface area (Å²) in [6.45, 7) is 7.79. The van der Waals surface area contributed by atoms with E-state index in [1.54, 1.807) is 0 Å². The summed E-state index contributed by atoms with van der Waals surface area (Å²) in [6.07, 6.45) is 1.22. The van der Waals surface area contributed by atoms with E-state index in [2.05, 4.69) is 42.3 Å². The molecule has 1 aliphatic heterocycles. The minimum absolute atomic E-state index is 1.07. The third-order valence-electron chi connectivity index (χ3n) is 2.74. The van der Waals surface area contributed by atoms with E-state index in [-0.39, 0.29) is 0 Å². The van der Waals surface area contributed by atoms with Gasteiger partial charge in [0.25, 0.3) is 0 Å². The molecule has 0 saturated carbocycles. The summed E-state index contributed by atoms with van der Waals surface area (Å²) in [5.41, 5.74) is 4.08. The van der Waals surface area contributed by atoms with E-state index in [0.29, 0.717) is 0 Å². The van der Waals surface area contributed by atoms with Crippen LogP contribution in [-0.2, 0) is 0 Å². The fourth-order valence-electron chi connectivity index (χ4n) is 2.15. The van der Waals surface area contributed by atoms with Gasteiger partial charge in [-0.3, -0.25) is 0 Å². The predicted octanol–water partition coefficient (Wildman–Crippen LogP) is 2.64. The van der Waals surface area contributed by atoms with Gasteiger partial charge in [0.1, 0.15) is 0 Å². The number of benzene rings is 1. The molecule has 0 fully saturated rings. The highest BCUT2D eigenvalue weighted by molar-refractivity contribution is 5.75. The van der Waals surface area contributed by atoms with E-state index >= 15 is 0 Å². The van der Waals surface area contributed by atoms with Gasteiger partial charge in [-0.05, 0) is 25.0 Å². The first-order chi connectivity index (χ1) is 6.83. The summed E-state index contributed by atoms with van der Waals surface area (Å²) in [7, 11) is 0. The Hall–Kier alpha value is -1.18. The molecule has 1 aromatic rings. The zero-order chi connectivity index (χ0) is 9.97. The van der Waals surface area contributed by atoms with E-state index < -0.39 is 0 Å². The van der Waals surface area contributed by atoms with Crippen LogP contribution in [0.25, 0.3) is 0 Å². The van der Waals surface area contributed by atoms with Crippen molar-refractivity contribution in [2.45, 2.75) is 20.3 Å². The molecule has 0 aliphatic carbocycles. The van der Waals surface area contributed by atoms with Gasteiger partial charge in [-0.2, -0.15) is 0 Å². The van der Waals surface area contributed by atoms with Gasteiger partial charge in [0.2, 0.25) is 0 Å². The maximum absolute atomic E-state index is 3.45. The number of aryl methyl sites for hydroxylation is 1. The van der Waals surface area contributed by atoms with E-state index in [4.69, 9.17) is 0 Å². The van der Waals surface area contributed by atoms with E-state index in [1.807, 2.05) is 0 Å². The van der Waals surface area contributed by atoms with Crippen LogP contribution < -0.4 is 10.2 Å². The number of anilines is 2. The largest absolute Gasteiger partial charge is 0.382 e. The number of para-hydroxylation sites is 1. The molecule has 1 aromatic carbocycles. The summed E-state index contributed by atoms with van der Waals surface area (Å²) >= 11 is 0. The van der Waals surface area contributed by atoms with Crippen molar-refractivity contribution in [1.29, 1.82) is 0 Å². The van der Waals surface area contributed by atoms with Gasteiger partial charge >= 0.3 is 0 Å². The Morgan fingerprint density at radius 1 is 1.43 bits per heavy atom. The van der Waals surface area contributed by atoms with Crippen LogP contribution in [0.1, 0.15) is 18.9 Å². The molecule has 0 unspecified atom stereocenters. The van der Waals surface area contributed by atoms with Gasteiger partial charge in [-0.1, -0.05) is 19.1 Å². The molecule has 1 N–H and O–H groups in total. The zero-order valence-electron chi connectivity index (χ0n) is 9.01. The minimum Gasteiger partial charge on any atom is -0.382 e. The van der Waals surface area contributed by atoms with Gasteiger partial charge in [0.15, 0.2) is 0 Å². The Kier molecular flexibility index (Phi) is 2.62. The smallest absolute Gasteiger partial charge is 0.0632 e. The highest BCUT2D eigenvalue weighted by Crippen LogP contribution is 2.32. The number of hydrogen-bond donors (Lipinski definition) is 1. The molecule has 1 aliphatic rings. The third-order valence-corrected chi connectivity index (χ3v) is 2.74. The quantitative estimate of drug-likeness (QED) is 0.771. The molecule has 0 spiro atoms. The second-order valence-corrected chi connectivity index (χ2v) is 3.88. The monoisotopic (exact) mass is 190 g/mol. The molecular formula is C12H18N2. The minimum atomic E-state index is 1.07. The molecule has 0 atom stereocenters. The molecule has 0 aromatic heterocycles. The molecule has 2 rings (SSSR count). The molecule has 2 heteroatoms. The van der Waals surface area contributed by atoms with E-state index in [0.717, 1.165) is 13.1 Å². The Morgan fingerprint density at radius 2 is 2.29 bits per heavy atom. The van der Waals surface area contributed by atoms with Crippen LogP contribution in [0.5, 0.6) is 0 Å². The molecule has 1 heterocycles. The van der Waals surface area contributed by atoms with Crippen LogP contribution in [-0.4, -0.2) is 19.6 Å². The average Bonchev–Trinajstić information content (AvgIpc) is 2.19. The fraction of sp³-hybridized carbons (Fsp3) is 0.500. The summed E-state index contributed by atoms with van der Waals surface area (Å²) in [4.78, 5) is 2.49. The van der Waals surface area contributed by atoms with Gasteiger partial charge in [-0.25, -0.2) is 0 Å². The predicted molar refractivity (Wildman–Crippen MR) is 62.2 cm³/mol. The Bertz CT molecular complexity index is 320. The average molecular weight is 190 g/mol. The molecule has 0 amide bonds. The van der Waals surface area contributed by atoms with Crippen molar-refractivity contribution in [3.05, 3.63) is 23.8 Å². The van der Waals surface area contributed by atoms with Crippen LogP contribution in [0.2, 0.25) is 0 Å². The Balaban J connectivity index is 2.36. The van der Waals surface area contributed by atoms with Crippen LogP contribution in [0.3, 0.4) is 0 Å². The van der Waals surface area contributed by atoms with Crippen molar-refractivity contribution in [2.75, 3.05) is 29.9 Å².